The first-order valence-corrected chi connectivity index (χ1v) is 8.43. The number of nitrogens with zero attached hydrogens (tertiary/aromatic N) is 3. The van der Waals surface area contributed by atoms with Crippen LogP contribution in [0.25, 0.3) is 11.3 Å². The molecule has 1 aliphatic rings. The molecule has 5 nitrogen and oxygen atoms in total. The van der Waals surface area contributed by atoms with Gasteiger partial charge in [-0.3, -0.25) is 9.88 Å². The minimum absolute atomic E-state index is 0.238. The Morgan fingerprint density at radius 2 is 2.26 bits per heavy atom. The highest BCUT2D eigenvalue weighted by molar-refractivity contribution is 9.10. The summed E-state index contributed by atoms with van der Waals surface area (Å²) in [6, 6.07) is 6.02. The van der Waals surface area contributed by atoms with Crippen LogP contribution in [0, 0.1) is 6.92 Å². The molecule has 0 aliphatic carbocycles. The average molecular weight is 378 g/mol. The van der Waals surface area contributed by atoms with Crippen LogP contribution in [0.15, 0.2) is 28.9 Å². The van der Waals surface area contributed by atoms with Gasteiger partial charge in [0.2, 0.25) is 5.88 Å². The van der Waals surface area contributed by atoms with E-state index in [9.17, 15) is 5.11 Å². The van der Waals surface area contributed by atoms with Crippen LogP contribution in [0.1, 0.15) is 17.7 Å². The first-order chi connectivity index (χ1) is 11.1. The molecule has 1 aromatic heterocycles. The van der Waals surface area contributed by atoms with E-state index in [0.29, 0.717) is 19.0 Å². The van der Waals surface area contributed by atoms with Gasteiger partial charge in [-0.15, -0.1) is 0 Å². The highest BCUT2D eigenvalue weighted by atomic mass is 79.9. The standard InChI is InChI=1S/C17H20BrN3O2/c1-11-13(4-3-5-14(11)18)15-8-19-16(17(20-15)23-2)10-21-7-6-12(22)9-21/h3-5,8,12,22H,6-7,9-10H2,1-2H3/t12-/m1/s1. The summed E-state index contributed by atoms with van der Waals surface area (Å²) < 4.78 is 6.49. The van der Waals surface area contributed by atoms with Gasteiger partial charge in [-0.25, -0.2) is 4.98 Å². The molecule has 6 heteroatoms. The van der Waals surface area contributed by atoms with Gasteiger partial charge in [-0.1, -0.05) is 28.1 Å². The summed E-state index contributed by atoms with van der Waals surface area (Å²) >= 11 is 3.55. The van der Waals surface area contributed by atoms with Crippen molar-refractivity contribution in [3.63, 3.8) is 0 Å². The maximum absolute atomic E-state index is 9.64. The number of rotatable bonds is 4. The molecular weight excluding hydrogens is 358 g/mol. The van der Waals surface area contributed by atoms with Crippen molar-refractivity contribution in [3.05, 3.63) is 40.1 Å². The lowest BCUT2D eigenvalue weighted by molar-refractivity contribution is 0.174. The molecule has 0 saturated carbocycles. The second-order valence-corrected chi connectivity index (χ2v) is 6.66. The molecule has 2 aromatic rings. The van der Waals surface area contributed by atoms with Crippen LogP contribution in [-0.4, -0.2) is 46.3 Å². The molecule has 3 rings (SSSR count). The van der Waals surface area contributed by atoms with E-state index in [2.05, 4.69) is 30.8 Å². The number of aromatic nitrogens is 2. The topological polar surface area (TPSA) is 58.5 Å². The van der Waals surface area contributed by atoms with E-state index in [4.69, 9.17) is 4.74 Å². The van der Waals surface area contributed by atoms with Gasteiger partial charge in [0.15, 0.2) is 0 Å². The highest BCUT2D eigenvalue weighted by Gasteiger charge is 2.22. The first kappa shape index (κ1) is 16.4. The maximum atomic E-state index is 9.64. The Bertz CT molecular complexity index is 708. The molecule has 23 heavy (non-hydrogen) atoms. The SMILES string of the molecule is COc1nc(-c2cccc(Br)c2C)cnc1CN1CC[C@@H](O)C1. The normalized spacial score (nSPS) is 18.3. The van der Waals surface area contributed by atoms with Gasteiger partial charge in [0.1, 0.15) is 5.69 Å². The minimum atomic E-state index is -0.238. The Labute approximate surface area is 144 Å². The van der Waals surface area contributed by atoms with E-state index in [-0.39, 0.29) is 6.10 Å². The molecule has 0 spiro atoms. The zero-order valence-corrected chi connectivity index (χ0v) is 14.9. The number of methoxy groups -OCH3 is 1. The summed E-state index contributed by atoms with van der Waals surface area (Å²) in [6.45, 7) is 4.24. The van der Waals surface area contributed by atoms with Gasteiger partial charge >= 0.3 is 0 Å². The minimum Gasteiger partial charge on any atom is -0.480 e. The molecule has 0 unspecified atom stereocenters. The molecule has 1 saturated heterocycles. The van der Waals surface area contributed by atoms with E-state index in [1.165, 1.54) is 0 Å². The van der Waals surface area contributed by atoms with Crippen LogP contribution in [0.3, 0.4) is 0 Å². The quantitative estimate of drug-likeness (QED) is 0.887. The molecule has 0 bridgehead atoms. The van der Waals surface area contributed by atoms with Crippen LogP contribution in [0.4, 0.5) is 0 Å². The third kappa shape index (κ3) is 3.54. The van der Waals surface area contributed by atoms with E-state index < -0.39 is 0 Å². The Kier molecular flexibility index (Phi) is 4.94. The molecule has 0 radical (unpaired) electrons. The van der Waals surface area contributed by atoms with Crippen molar-refractivity contribution >= 4 is 15.9 Å². The molecule has 122 valence electrons. The Hall–Kier alpha value is -1.50. The monoisotopic (exact) mass is 377 g/mol. The molecule has 2 heterocycles. The van der Waals surface area contributed by atoms with Gasteiger partial charge < -0.3 is 9.84 Å². The zero-order chi connectivity index (χ0) is 16.4. The fourth-order valence-electron chi connectivity index (χ4n) is 2.85. The average Bonchev–Trinajstić information content (AvgIpc) is 2.95. The van der Waals surface area contributed by atoms with Crippen molar-refractivity contribution in [1.29, 1.82) is 0 Å². The number of halogens is 1. The predicted octanol–water partition coefficient (Wildman–Crippen LogP) is 2.79. The smallest absolute Gasteiger partial charge is 0.237 e. The summed E-state index contributed by atoms with van der Waals surface area (Å²) in [7, 11) is 1.61. The molecule has 1 atom stereocenters. The summed E-state index contributed by atoms with van der Waals surface area (Å²) in [5, 5.41) is 9.64. The summed E-state index contributed by atoms with van der Waals surface area (Å²) in [4.78, 5) is 11.4. The van der Waals surface area contributed by atoms with Gasteiger partial charge in [0.05, 0.1) is 25.1 Å². The number of aliphatic hydroxyl groups is 1. The molecule has 1 aromatic carbocycles. The Balaban J connectivity index is 1.89. The zero-order valence-electron chi connectivity index (χ0n) is 13.3. The van der Waals surface area contributed by atoms with Crippen molar-refractivity contribution in [1.82, 2.24) is 14.9 Å². The molecule has 1 aliphatic heterocycles. The third-order valence-electron chi connectivity index (χ3n) is 4.17. The highest BCUT2D eigenvalue weighted by Crippen LogP contribution is 2.29. The Morgan fingerprint density at radius 3 is 2.96 bits per heavy atom. The van der Waals surface area contributed by atoms with E-state index >= 15 is 0 Å². The van der Waals surface area contributed by atoms with Crippen LogP contribution < -0.4 is 4.74 Å². The van der Waals surface area contributed by atoms with Crippen molar-refractivity contribution < 1.29 is 9.84 Å². The van der Waals surface area contributed by atoms with Crippen molar-refractivity contribution in [2.45, 2.75) is 26.0 Å². The first-order valence-electron chi connectivity index (χ1n) is 7.64. The lowest BCUT2D eigenvalue weighted by Crippen LogP contribution is -2.22. The maximum Gasteiger partial charge on any atom is 0.237 e. The second-order valence-electron chi connectivity index (χ2n) is 5.80. The number of benzene rings is 1. The summed E-state index contributed by atoms with van der Waals surface area (Å²) in [6.07, 6.45) is 2.36. The fraction of sp³-hybridized carbons (Fsp3) is 0.412. The van der Waals surface area contributed by atoms with Crippen molar-refractivity contribution in [2.24, 2.45) is 0 Å². The summed E-state index contributed by atoms with van der Waals surface area (Å²) in [5.74, 6) is 0.545. The number of aliphatic hydroxyl groups excluding tert-OH is 1. The van der Waals surface area contributed by atoms with Gasteiger partial charge in [0.25, 0.3) is 0 Å². The number of likely N-dealkylation sites (tertiary alicyclic amines) is 1. The molecule has 1 N–H and O–H groups in total. The molecule has 1 fully saturated rings. The van der Waals surface area contributed by atoms with E-state index in [0.717, 1.165) is 40.0 Å². The summed E-state index contributed by atoms with van der Waals surface area (Å²) in [5.41, 5.74) is 3.76. The van der Waals surface area contributed by atoms with Crippen molar-refractivity contribution in [3.8, 4) is 17.1 Å². The van der Waals surface area contributed by atoms with Gasteiger partial charge in [-0.2, -0.15) is 0 Å². The fourth-order valence-corrected chi connectivity index (χ4v) is 3.22. The van der Waals surface area contributed by atoms with Gasteiger partial charge in [-0.05, 0) is 25.0 Å². The van der Waals surface area contributed by atoms with Gasteiger partial charge in [0, 0.05) is 29.7 Å². The Morgan fingerprint density at radius 1 is 1.43 bits per heavy atom. The number of hydrogen-bond donors (Lipinski definition) is 1. The van der Waals surface area contributed by atoms with Crippen molar-refractivity contribution in [2.75, 3.05) is 20.2 Å². The van der Waals surface area contributed by atoms with Crippen LogP contribution in [0.2, 0.25) is 0 Å². The number of ether oxygens (including phenoxy) is 1. The lowest BCUT2D eigenvalue weighted by Gasteiger charge is -2.16. The lowest BCUT2D eigenvalue weighted by atomic mass is 10.1. The number of hydrogen-bond acceptors (Lipinski definition) is 5. The van der Waals surface area contributed by atoms with E-state index in [1.807, 2.05) is 25.1 Å². The molecular formula is C17H20BrN3O2. The van der Waals surface area contributed by atoms with Crippen LogP contribution in [0.5, 0.6) is 5.88 Å². The van der Waals surface area contributed by atoms with Crippen LogP contribution in [-0.2, 0) is 6.54 Å². The molecule has 0 amide bonds. The third-order valence-corrected chi connectivity index (χ3v) is 5.03. The van der Waals surface area contributed by atoms with Crippen LogP contribution >= 0.6 is 15.9 Å². The predicted molar refractivity (Wildman–Crippen MR) is 92.4 cm³/mol. The van der Waals surface area contributed by atoms with E-state index in [1.54, 1.807) is 13.3 Å². The second kappa shape index (κ2) is 6.95. The largest absolute Gasteiger partial charge is 0.480 e. The number of β-amino-alcohol motifs (C(OH)–C–C–N with tert-alkyl or cyclic N) is 1.